The number of carboxylic acids is 1. The SMILES string of the molecule is CC1(COc2cc3nc(Cc4nn(CC(=O)O)c(=O)c5ccccc45)[nH]c3cc2Cl)CC1. The molecule has 164 valence electrons. The van der Waals surface area contributed by atoms with Crippen LogP contribution in [-0.2, 0) is 17.8 Å². The lowest BCUT2D eigenvalue weighted by atomic mass is 10.1. The van der Waals surface area contributed by atoms with Crippen molar-refractivity contribution in [2.75, 3.05) is 6.61 Å². The van der Waals surface area contributed by atoms with E-state index in [1.165, 1.54) is 0 Å². The van der Waals surface area contributed by atoms with Crippen LogP contribution in [0, 0.1) is 5.41 Å². The second kappa shape index (κ2) is 7.63. The van der Waals surface area contributed by atoms with Crippen LogP contribution in [0.3, 0.4) is 0 Å². The summed E-state index contributed by atoms with van der Waals surface area (Å²) >= 11 is 6.41. The van der Waals surface area contributed by atoms with Gasteiger partial charge in [0.05, 0.1) is 40.2 Å². The number of imidazole rings is 1. The van der Waals surface area contributed by atoms with E-state index in [2.05, 4.69) is 22.0 Å². The number of fused-ring (bicyclic) bond motifs is 2. The van der Waals surface area contributed by atoms with E-state index < -0.39 is 18.1 Å². The smallest absolute Gasteiger partial charge is 0.325 e. The van der Waals surface area contributed by atoms with Gasteiger partial charge in [-0.25, -0.2) is 9.67 Å². The number of carbonyl (C=O) groups is 1. The molecule has 32 heavy (non-hydrogen) atoms. The first-order valence-electron chi connectivity index (χ1n) is 10.3. The van der Waals surface area contributed by atoms with Crippen LogP contribution < -0.4 is 10.3 Å². The zero-order chi connectivity index (χ0) is 22.5. The predicted octanol–water partition coefficient (Wildman–Crippen LogP) is 3.78. The third-order valence-corrected chi connectivity index (χ3v) is 6.12. The quantitative estimate of drug-likeness (QED) is 0.441. The number of hydrogen-bond donors (Lipinski definition) is 2. The van der Waals surface area contributed by atoms with Gasteiger partial charge in [-0.05, 0) is 25.0 Å². The molecule has 2 aromatic carbocycles. The van der Waals surface area contributed by atoms with Crippen molar-refractivity contribution in [3.63, 3.8) is 0 Å². The van der Waals surface area contributed by atoms with Gasteiger partial charge < -0.3 is 14.8 Å². The van der Waals surface area contributed by atoms with Gasteiger partial charge in [-0.15, -0.1) is 0 Å². The highest BCUT2D eigenvalue weighted by molar-refractivity contribution is 6.32. The van der Waals surface area contributed by atoms with Crippen molar-refractivity contribution in [3.8, 4) is 5.75 Å². The maximum Gasteiger partial charge on any atom is 0.325 e. The maximum atomic E-state index is 12.6. The van der Waals surface area contributed by atoms with Crippen LogP contribution in [0.1, 0.15) is 31.3 Å². The van der Waals surface area contributed by atoms with Gasteiger partial charge in [0.1, 0.15) is 18.1 Å². The molecule has 0 bridgehead atoms. The van der Waals surface area contributed by atoms with Crippen molar-refractivity contribution in [2.45, 2.75) is 32.7 Å². The summed E-state index contributed by atoms with van der Waals surface area (Å²) in [5.41, 5.74) is 1.83. The molecule has 0 unspecified atom stereocenters. The molecule has 0 aliphatic heterocycles. The van der Waals surface area contributed by atoms with Crippen molar-refractivity contribution in [3.05, 3.63) is 63.3 Å². The minimum atomic E-state index is -1.13. The first-order chi connectivity index (χ1) is 15.3. The topological polar surface area (TPSA) is 110 Å². The van der Waals surface area contributed by atoms with E-state index in [9.17, 15) is 9.59 Å². The number of nitrogens with zero attached hydrogens (tertiary/aromatic N) is 3. The number of ether oxygens (including phenoxy) is 1. The minimum absolute atomic E-state index is 0.237. The van der Waals surface area contributed by atoms with Gasteiger partial charge >= 0.3 is 5.97 Å². The summed E-state index contributed by atoms with van der Waals surface area (Å²) in [5.74, 6) is 0.0938. The Labute approximate surface area is 187 Å². The fourth-order valence-corrected chi connectivity index (χ4v) is 3.92. The normalized spacial score (nSPS) is 14.7. The number of halogens is 1. The first kappa shape index (κ1) is 20.5. The number of aromatic nitrogens is 4. The van der Waals surface area contributed by atoms with Crippen LogP contribution in [0.5, 0.6) is 5.75 Å². The molecule has 1 aliphatic carbocycles. The number of H-pyrrole nitrogens is 1. The lowest BCUT2D eigenvalue weighted by Crippen LogP contribution is -2.28. The summed E-state index contributed by atoms with van der Waals surface area (Å²) < 4.78 is 6.91. The van der Waals surface area contributed by atoms with Crippen molar-refractivity contribution in [1.29, 1.82) is 0 Å². The highest BCUT2D eigenvalue weighted by atomic mass is 35.5. The molecule has 0 amide bonds. The van der Waals surface area contributed by atoms with E-state index in [4.69, 9.17) is 21.4 Å². The lowest BCUT2D eigenvalue weighted by molar-refractivity contribution is -0.138. The summed E-state index contributed by atoms with van der Waals surface area (Å²) in [6.45, 7) is 2.30. The second-order valence-electron chi connectivity index (χ2n) is 8.61. The highest BCUT2D eigenvalue weighted by Crippen LogP contribution is 2.45. The molecule has 5 rings (SSSR count). The monoisotopic (exact) mass is 452 g/mol. The molecule has 2 aromatic heterocycles. The van der Waals surface area contributed by atoms with Crippen LogP contribution in [0.4, 0.5) is 0 Å². The van der Waals surface area contributed by atoms with Gasteiger partial charge in [0.2, 0.25) is 0 Å². The molecule has 8 nitrogen and oxygen atoms in total. The van der Waals surface area contributed by atoms with E-state index in [0.717, 1.165) is 23.0 Å². The summed E-state index contributed by atoms with van der Waals surface area (Å²) in [7, 11) is 0. The summed E-state index contributed by atoms with van der Waals surface area (Å²) in [4.78, 5) is 31.7. The number of rotatable bonds is 7. The molecule has 1 saturated carbocycles. The Morgan fingerprint density at radius 3 is 2.75 bits per heavy atom. The van der Waals surface area contributed by atoms with Gasteiger partial charge in [0.15, 0.2) is 0 Å². The molecular formula is C23H21ClN4O4. The van der Waals surface area contributed by atoms with E-state index in [1.807, 2.05) is 12.1 Å². The Kier molecular flexibility index (Phi) is 4.89. The van der Waals surface area contributed by atoms with Crippen LogP contribution in [0.15, 0.2) is 41.2 Å². The highest BCUT2D eigenvalue weighted by Gasteiger charge is 2.38. The van der Waals surface area contributed by atoms with Crippen LogP contribution >= 0.6 is 11.6 Å². The Morgan fingerprint density at radius 2 is 2.03 bits per heavy atom. The second-order valence-corrected chi connectivity index (χ2v) is 9.02. The molecule has 1 aliphatic rings. The number of aliphatic carboxylic acids is 1. The van der Waals surface area contributed by atoms with Gasteiger partial charge in [-0.1, -0.05) is 36.7 Å². The van der Waals surface area contributed by atoms with E-state index >= 15 is 0 Å². The lowest BCUT2D eigenvalue weighted by Gasteiger charge is -2.11. The Bertz CT molecular complexity index is 1420. The predicted molar refractivity (Wildman–Crippen MR) is 120 cm³/mol. The van der Waals surface area contributed by atoms with E-state index in [1.54, 1.807) is 24.3 Å². The minimum Gasteiger partial charge on any atom is -0.491 e. The molecule has 0 saturated heterocycles. The summed E-state index contributed by atoms with van der Waals surface area (Å²) in [5, 5.41) is 15.1. The van der Waals surface area contributed by atoms with Crippen LogP contribution in [0.2, 0.25) is 5.02 Å². The average molecular weight is 453 g/mol. The molecular weight excluding hydrogens is 432 g/mol. The molecule has 0 atom stereocenters. The maximum absolute atomic E-state index is 12.6. The number of benzene rings is 2. The average Bonchev–Trinajstić information content (AvgIpc) is 3.36. The third-order valence-electron chi connectivity index (χ3n) is 5.83. The van der Waals surface area contributed by atoms with Crippen molar-refractivity contribution in [1.82, 2.24) is 19.7 Å². The number of hydrogen-bond acceptors (Lipinski definition) is 5. The van der Waals surface area contributed by atoms with Gasteiger partial charge in [-0.3, -0.25) is 9.59 Å². The van der Waals surface area contributed by atoms with Crippen molar-refractivity contribution < 1.29 is 14.6 Å². The number of nitrogens with one attached hydrogen (secondary N) is 1. The van der Waals surface area contributed by atoms with Crippen LogP contribution in [0.25, 0.3) is 21.8 Å². The molecule has 9 heteroatoms. The fourth-order valence-electron chi connectivity index (χ4n) is 3.70. The molecule has 0 spiro atoms. The van der Waals surface area contributed by atoms with Crippen molar-refractivity contribution >= 4 is 39.4 Å². The first-order valence-corrected chi connectivity index (χ1v) is 10.7. The largest absolute Gasteiger partial charge is 0.491 e. The molecule has 4 aromatic rings. The zero-order valence-corrected chi connectivity index (χ0v) is 18.1. The molecule has 1 fully saturated rings. The Morgan fingerprint density at radius 1 is 1.28 bits per heavy atom. The Balaban J connectivity index is 1.50. The zero-order valence-electron chi connectivity index (χ0n) is 17.4. The standard InChI is InChI=1S/C23H21ClN4O4/c1-23(6-7-23)12-32-19-9-18-17(8-15(19)24)25-20(26-18)10-16-13-4-2-3-5-14(13)22(31)28(27-16)11-21(29)30/h2-5,8-9H,6-7,10-12H2,1H3,(H,25,26)(H,29,30). The summed E-state index contributed by atoms with van der Waals surface area (Å²) in [6.07, 6.45) is 2.61. The number of carboxylic acid groups (broad SMARTS) is 1. The summed E-state index contributed by atoms with van der Waals surface area (Å²) in [6, 6.07) is 10.6. The fraction of sp³-hybridized carbons (Fsp3) is 0.304. The molecule has 2 N–H and O–H groups in total. The van der Waals surface area contributed by atoms with E-state index in [-0.39, 0.29) is 5.41 Å². The molecule has 0 radical (unpaired) electrons. The number of aromatic amines is 1. The van der Waals surface area contributed by atoms with Gasteiger partial charge in [0.25, 0.3) is 5.56 Å². The van der Waals surface area contributed by atoms with Crippen molar-refractivity contribution in [2.24, 2.45) is 5.41 Å². The van der Waals surface area contributed by atoms with Crippen LogP contribution in [-0.4, -0.2) is 37.4 Å². The van der Waals surface area contributed by atoms with Gasteiger partial charge in [0, 0.05) is 16.9 Å². The van der Waals surface area contributed by atoms with Gasteiger partial charge in [-0.2, -0.15) is 5.10 Å². The Hall–Kier alpha value is -3.39. The molecule has 2 heterocycles. The van der Waals surface area contributed by atoms with E-state index in [0.29, 0.717) is 51.6 Å². The third kappa shape index (κ3) is 3.93.